The van der Waals surface area contributed by atoms with Crippen LogP contribution in [0.5, 0.6) is 0 Å². The summed E-state index contributed by atoms with van der Waals surface area (Å²) >= 11 is 0. The molecule has 0 unspecified atom stereocenters. The van der Waals surface area contributed by atoms with Crippen LogP contribution in [-0.4, -0.2) is 54.3 Å². The number of nitrogens with two attached hydrogens (primary N) is 1. The molecule has 0 saturated carbocycles. The minimum Gasteiger partial charge on any atom is -0.369 e. The maximum absolute atomic E-state index is 12.8. The minimum absolute atomic E-state index is 0.234. The van der Waals surface area contributed by atoms with E-state index in [1.807, 2.05) is 30.1 Å². The van der Waals surface area contributed by atoms with E-state index in [1.54, 1.807) is 0 Å². The maximum Gasteiger partial charge on any atom is 0.231 e. The van der Waals surface area contributed by atoms with Crippen molar-refractivity contribution >= 4 is 11.8 Å². The molecule has 1 aromatic carbocycles. The fourth-order valence-corrected chi connectivity index (χ4v) is 4.09. The van der Waals surface area contributed by atoms with Gasteiger partial charge in [-0.3, -0.25) is 14.5 Å². The lowest BCUT2D eigenvalue weighted by Crippen LogP contribution is -2.46. The SMILES string of the molecule is CN1C(=O)C2(CCN(CC(N)=O)CC2)C[C@H]1Cc1ccccc1. The summed E-state index contributed by atoms with van der Waals surface area (Å²) in [6.45, 7) is 1.86. The van der Waals surface area contributed by atoms with E-state index in [1.165, 1.54) is 5.56 Å². The third kappa shape index (κ3) is 3.24. The van der Waals surface area contributed by atoms with Crippen molar-refractivity contribution < 1.29 is 9.59 Å². The van der Waals surface area contributed by atoms with Gasteiger partial charge in [0.15, 0.2) is 0 Å². The average Bonchev–Trinajstić information content (AvgIpc) is 2.76. The van der Waals surface area contributed by atoms with Gasteiger partial charge < -0.3 is 10.6 Å². The van der Waals surface area contributed by atoms with Gasteiger partial charge in [-0.1, -0.05) is 30.3 Å². The minimum atomic E-state index is -0.294. The number of amides is 2. The number of likely N-dealkylation sites (tertiary alicyclic amines) is 2. The summed E-state index contributed by atoms with van der Waals surface area (Å²) in [6.07, 6.45) is 3.49. The van der Waals surface area contributed by atoms with Gasteiger partial charge in [-0.05, 0) is 44.3 Å². The lowest BCUT2D eigenvalue weighted by atomic mass is 9.75. The van der Waals surface area contributed by atoms with Crippen molar-refractivity contribution in [1.82, 2.24) is 9.80 Å². The molecule has 2 aliphatic heterocycles. The zero-order valence-electron chi connectivity index (χ0n) is 13.7. The second-order valence-corrected chi connectivity index (χ2v) is 6.99. The smallest absolute Gasteiger partial charge is 0.231 e. The Morgan fingerprint density at radius 1 is 1.26 bits per heavy atom. The number of primary amides is 1. The predicted octanol–water partition coefficient (Wildman–Crippen LogP) is 1.03. The largest absolute Gasteiger partial charge is 0.369 e. The quantitative estimate of drug-likeness (QED) is 0.902. The molecule has 2 aliphatic rings. The zero-order chi connectivity index (χ0) is 16.4. The number of nitrogens with zero attached hydrogens (tertiary/aromatic N) is 2. The van der Waals surface area contributed by atoms with Crippen LogP contribution in [0.25, 0.3) is 0 Å². The molecule has 124 valence electrons. The highest BCUT2D eigenvalue weighted by atomic mass is 16.2. The number of carbonyl (C=O) groups is 2. The van der Waals surface area contributed by atoms with Crippen LogP contribution in [0.2, 0.25) is 0 Å². The molecule has 1 atom stereocenters. The van der Waals surface area contributed by atoms with Crippen molar-refractivity contribution in [1.29, 1.82) is 0 Å². The number of benzene rings is 1. The van der Waals surface area contributed by atoms with Crippen LogP contribution in [0.15, 0.2) is 30.3 Å². The molecular weight excluding hydrogens is 290 g/mol. The number of hydrogen-bond donors (Lipinski definition) is 1. The van der Waals surface area contributed by atoms with Gasteiger partial charge in [0.05, 0.1) is 12.0 Å². The molecule has 2 fully saturated rings. The van der Waals surface area contributed by atoms with Gasteiger partial charge in [-0.25, -0.2) is 0 Å². The summed E-state index contributed by atoms with van der Waals surface area (Å²) < 4.78 is 0. The van der Waals surface area contributed by atoms with Crippen molar-refractivity contribution in [2.75, 3.05) is 26.7 Å². The van der Waals surface area contributed by atoms with Crippen LogP contribution < -0.4 is 5.73 Å². The lowest BCUT2D eigenvalue weighted by molar-refractivity contribution is -0.138. The molecule has 2 heterocycles. The average molecular weight is 315 g/mol. The van der Waals surface area contributed by atoms with E-state index >= 15 is 0 Å². The second kappa shape index (κ2) is 6.32. The molecule has 23 heavy (non-hydrogen) atoms. The molecule has 0 bridgehead atoms. The first-order valence-electron chi connectivity index (χ1n) is 8.32. The zero-order valence-corrected chi connectivity index (χ0v) is 13.7. The third-order valence-electron chi connectivity index (χ3n) is 5.45. The number of likely N-dealkylation sites (N-methyl/N-ethyl adjacent to an activating group) is 1. The van der Waals surface area contributed by atoms with Gasteiger partial charge in [0.25, 0.3) is 0 Å². The summed E-state index contributed by atoms with van der Waals surface area (Å²) in [7, 11) is 1.93. The summed E-state index contributed by atoms with van der Waals surface area (Å²) in [5.41, 5.74) is 6.31. The molecule has 0 aliphatic carbocycles. The van der Waals surface area contributed by atoms with Crippen molar-refractivity contribution in [3.8, 4) is 0 Å². The number of hydrogen-bond acceptors (Lipinski definition) is 3. The molecule has 1 spiro atoms. The van der Waals surface area contributed by atoms with Crippen LogP contribution in [0, 0.1) is 5.41 Å². The third-order valence-corrected chi connectivity index (χ3v) is 5.45. The molecule has 0 radical (unpaired) electrons. The van der Waals surface area contributed by atoms with Crippen LogP contribution in [0.1, 0.15) is 24.8 Å². The fraction of sp³-hybridized carbons (Fsp3) is 0.556. The first-order chi connectivity index (χ1) is 11.0. The molecule has 2 amide bonds. The van der Waals surface area contributed by atoms with Gasteiger partial charge in [-0.2, -0.15) is 0 Å². The monoisotopic (exact) mass is 315 g/mol. The van der Waals surface area contributed by atoms with E-state index in [9.17, 15) is 9.59 Å². The summed E-state index contributed by atoms with van der Waals surface area (Å²) in [5, 5.41) is 0. The van der Waals surface area contributed by atoms with Gasteiger partial charge in [0.1, 0.15) is 0 Å². The van der Waals surface area contributed by atoms with E-state index in [-0.39, 0.29) is 23.3 Å². The molecular formula is C18H25N3O2. The summed E-state index contributed by atoms with van der Waals surface area (Å²) in [6, 6.07) is 10.6. The molecule has 5 heteroatoms. The Morgan fingerprint density at radius 3 is 2.52 bits per heavy atom. The maximum atomic E-state index is 12.8. The lowest BCUT2D eigenvalue weighted by Gasteiger charge is -2.37. The Balaban J connectivity index is 1.66. The highest BCUT2D eigenvalue weighted by molar-refractivity contribution is 5.85. The van der Waals surface area contributed by atoms with E-state index in [0.717, 1.165) is 38.8 Å². The molecule has 1 aromatic rings. The highest BCUT2D eigenvalue weighted by Crippen LogP contribution is 2.44. The van der Waals surface area contributed by atoms with E-state index in [0.29, 0.717) is 6.54 Å². The van der Waals surface area contributed by atoms with Crippen LogP contribution in [-0.2, 0) is 16.0 Å². The predicted molar refractivity (Wildman–Crippen MR) is 88.6 cm³/mol. The van der Waals surface area contributed by atoms with E-state index < -0.39 is 0 Å². The Labute approximate surface area is 137 Å². The topological polar surface area (TPSA) is 66.6 Å². The first-order valence-corrected chi connectivity index (χ1v) is 8.32. The van der Waals surface area contributed by atoms with Gasteiger partial charge >= 0.3 is 0 Å². The molecule has 2 N–H and O–H groups in total. The molecule has 2 saturated heterocycles. The molecule has 0 aromatic heterocycles. The Hall–Kier alpha value is -1.88. The Morgan fingerprint density at radius 2 is 1.91 bits per heavy atom. The number of rotatable bonds is 4. The second-order valence-electron chi connectivity index (χ2n) is 6.99. The van der Waals surface area contributed by atoms with Crippen molar-refractivity contribution in [2.24, 2.45) is 11.1 Å². The van der Waals surface area contributed by atoms with Crippen LogP contribution in [0.3, 0.4) is 0 Å². The van der Waals surface area contributed by atoms with Crippen molar-refractivity contribution in [3.05, 3.63) is 35.9 Å². The molecule has 5 nitrogen and oxygen atoms in total. The van der Waals surface area contributed by atoms with Crippen molar-refractivity contribution in [2.45, 2.75) is 31.7 Å². The van der Waals surface area contributed by atoms with Gasteiger partial charge in [-0.15, -0.1) is 0 Å². The number of carbonyl (C=O) groups excluding carboxylic acids is 2. The van der Waals surface area contributed by atoms with Crippen molar-refractivity contribution in [3.63, 3.8) is 0 Å². The summed E-state index contributed by atoms with van der Waals surface area (Å²) in [4.78, 5) is 27.9. The Kier molecular flexibility index (Phi) is 4.39. The fourth-order valence-electron chi connectivity index (χ4n) is 4.09. The highest BCUT2D eigenvalue weighted by Gasteiger charge is 2.51. The summed E-state index contributed by atoms with van der Waals surface area (Å²) in [5.74, 6) is -0.0186. The number of piperidine rings is 1. The standard InChI is InChI=1S/C18H25N3O2/c1-20-15(11-14-5-3-2-4-6-14)12-18(17(20)23)7-9-21(10-8-18)13-16(19)22/h2-6,15H,7-13H2,1H3,(H2,19,22)/t15-/m1/s1. The first kappa shape index (κ1) is 16.0. The van der Waals surface area contributed by atoms with Gasteiger partial charge in [0.2, 0.25) is 11.8 Å². The molecule has 3 rings (SSSR count). The van der Waals surface area contributed by atoms with Crippen LogP contribution >= 0.6 is 0 Å². The Bertz CT molecular complexity index is 579. The van der Waals surface area contributed by atoms with E-state index in [2.05, 4.69) is 17.0 Å². The van der Waals surface area contributed by atoms with E-state index in [4.69, 9.17) is 5.73 Å². The normalized spacial score (nSPS) is 24.3. The van der Waals surface area contributed by atoms with Gasteiger partial charge in [0, 0.05) is 13.1 Å². The van der Waals surface area contributed by atoms with Crippen LogP contribution in [0.4, 0.5) is 0 Å².